The van der Waals surface area contributed by atoms with Gasteiger partial charge >= 0.3 is 0 Å². The van der Waals surface area contributed by atoms with Gasteiger partial charge in [-0.05, 0) is 42.9 Å². The lowest BCUT2D eigenvalue weighted by molar-refractivity contribution is -0.0338. The van der Waals surface area contributed by atoms with Crippen molar-refractivity contribution in [1.29, 1.82) is 0 Å². The van der Waals surface area contributed by atoms with Gasteiger partial charge in [0.25, 0.3) is 0 Å². The van der Waals surface area contributed by atoms with Crippen LogP contribution in [-0.4, -0.2) is 11.2 Å². The fourth-order valence-corrected chi connectivity index (χ4v) is 3.21. The summed E-state index contributed by atoms with van der Waals surface area (Å²) in [6.07, 6.45) is 6.04. The molecule has 1 rings (SSSR count). The van der Waals surface area contributed by atoms with Crippen LogP contribution in [0.2, 0.25) is 0 Å². The van der Waals surface area contributed by atoms with E-state index in [1.165, 1.54) is 25.7 Å². The van der Waals surface area contributed by atoms with E-state index in [0.717, 1.165) is 12.3 Å². The summed E-state index contributed by atoms with van der Waals surface area (Å²) in [7, 11) is 0. The minimum Gasteiger partial charge on any atom is -0.393 e. The summed E-state index contributed by atoms with van der Waals surface area (Å²) in [4.78, 5) is 0. The summed E-state index contributed by atoms with van der Waals surface area (Å²) < 4.78 is 0. The van der Waals surface area contributed by atoms with Crippen molar-refractivity contribution in [2.24, 2.45) is 16.7 Å². The normalized spacial score (nSPS) is 37.6. The van der Waals surface area contributed by atoms with Crippen LogP contribution in [0.4, 0.5) is 0 Å². The topological polar surface area (TPSA) is 20.2 Å². The molecule has 0 bridgehead atoms. The zero-order valence-electron chi connectivity index (χ0n) is 11.1. The number of rotatable bonds is 3. The van der Waals surface area contributed by atoms with Gasteiger partial charge in [-0.15, -0.1) is 0 Å². The molecule has 0 aromatic rings. The molecule has 1 aliphatic carbocycles. The summed E-state index contributed by atoms with van der Waals surface area (Å²) in [5.74, 6) is 0.792. The fraction of sp³-hybridized carbons (Fsp3) is 1.00. The molecular weight excluding hydrogens is 184 g/mol. The van der Waals surface area contributed by atoms with E-state index in [9.17, 15) is 5.11 Å². The van der Waals surface area contributed by atoms with Crippen LogP contribution in [0.15, 0.2) is 0 Å². The van der Waals surface area contributed by atoms with Gasteiger partial charge in [-0.3, -0.25) is 0 Å². The lowest BCUT2D eigenvalue weighted by atomic mass is 9.52. The van der Waals surface area contributed by atoms with Crippen LogP contribution in [0.1, 0.15) is 66.7 Å². The second-order valence-electron chi connectivity index (χ2n) is 6.48. The molecule has 90 valence electrons. The van der Waals surface area contributed by atoms with Crippen LogP contribution < -0.4 is 0 Å². The predicted octanol–water partition coefficient (Wildman–Crippen LogP) is 4.00. The van der Waals surface area contributed by atoms with Gasteiger partial charge in [0.1, 0.15) is 0 Å². The van der Waals surface area contributed by atoms with E-state index in [1.54, 1.807) is 0 Å². The molecule has 1 N–H and O–H groups in total. The maximum atomic E-state index is 9.45. The second-order valence-corrected chi connectivity index (χ2v) is 6.48. The Kier molecular flexibility index (Phi) is 3.86. The zero-order valence-corrected chi connectivity index (χ0v) is 11.1. The SMILES string of the molecule is CC(O)CCC1(C)C(C)CCCC1(C)C. The molecule has 1 aliphatic rings. The van der Waals surface area contributed by atoms with Crippen molar-refractivity contribution in [1.82, 2.24) is 0 Å². The molecule has 0 radical (unpaired) electrons. The predicted molar refractivity (Wildman–Crippen MR) is 65.8 cm³/mol. The first-order valence-electron chi connectivity index (χ1n) is 6.48. The highest BCUT2D eigenvalue weighted by Crippen LogP contribution is 2.55. The third-order valence-electron chi connectivity index (χ3n) is 5.15. The Morgan fingerprint density at radius 3 is 2.40 bits per heavy atom. The molecule has 3 atom stereocenters. The van der Waals surface area contributed by atoms with Gasteiger partial charge in [0.2, 0.25) is 0 Å². The molecule has 0 spiro atoms. The number of hydrogen-bond donors (Lipinski definition) is 1. The maximum Gasteiger partial charge on any atom is 0.0512 e. The largest absolute Gasteiger partial charge is 0.393 e. The molecule has 15 heavy (non-hydrogen) atoms. The number of aliphatic hydroxyl groups excluding tert-OH is 1. The highest BCUT2D eigenvalue weighted by atomic mass is 16.3. The Hall–Kier alpha value is -0.0400. The van der Waals surface area contributed by atoms with E-state index in [1.807, 2.05) is 6.92 Å². The van der Waals surface area contributed by atoms with Crippen LogP contribution in [0.25, 0.3) is 0 Å². The molecule has 0 aliphatic heterocycles. The summed E-state index contributed by atoms with van der Waals surface area (Å²) >= 11 is 0. The molecule has 1 nitrogen and oxygen atoms in total. The summed E-state index contributed by atoms with van der Waals surface area (Å²) in [6, 6.07) is 0. The molecular formula is C14H28O. The number of aliphatic hydroxyl groups is 1. The van der Waals surface area contributed by atoms with Crippen molar-refractivity contribution in [2.75, 3.05) is 0 Å². The molecule has 1 fully saturated rings. The lowest BCUT2D eigenvalue weighted by Crippen LogP contribution is -2.44. The van der Waals surface area contributed by atoms with Gasteiger partial charge < -0.3 is 5.11 Å². The lowest BCUT2D eigenvalue weighted by Gasteiger charge is -2.53. The van der Waals surface area contributed by atoms with Crippen molar-refractivity contribution in [2.45, 2.75) is 72.8 Å². The Morgan fingerprint density at radius 2 is 1.93 bits per heavy atom. The number of hydrogen-bond acceptors (Lipinski definition) is 1. The first kappa shape index (κ1) is 13.0. The van der Waals surface area contributed by atoms with E-state index in [0.29, 0.717) is 10.8 Å². The molecule has 0 saturated heterocycles. The standard InChI is InChI=1S/C14H28O/c1-11-7-6-9-13(3,4)14(11,5)10-8-12(2)15/h11-12,15H,6-10H2,1-5H3. The molecule has 1 heteroatoms. The van der Waals surface area contributed by atoms with E-state index < -0.39 is 0 Å². The van der Waals surface area contributed by atoms with Crippen LogP contribution in [0.5, 0.6) is 0 Å². The van der Waals surface area contributed by atoms with Gasteiger partial charge in [-0.2, -0.15) is 0 Å². The van der Waals surface area contributed by atoms with Gasteiger partial charge in [0, 0.05) is 0 Å². The Morgan fingerprint density at radius 1 is 1.33 bits per heavy atom. The minimum atomic E-state index is -0.147. The molecule has 3 unspecified atom stereocenters. The highest BCUT2D eigenvalue weighted by Gasteiger charge is 2.46. The monoisotopic (exact) mass is 212 g/mol. The van der Waals surface area contributed by atoms with Gasteiger partial charge in [0.15, 0.2) is 0 Å². The van der Waals surface area contributed by atoms with Crippen LogP contribution in [0, 0.1) is 16.7 Å². The first-order valence-corrected chi connectivity index (χ1v) is 6.48. The van der Waals surface area contributed by atoms with Gasteiger partial charge in [0.05, 0.1) is 6.10 Å². The van der Waals surface area contributed by atoms with Crippen molar-refractivity contribution >= 4 is 0 Å². The van der Waals surface area contributed by atoms with Crippen molar-refractivity contribution in [3.05, 3.63) is 0 Å². The van der Waals surface area contributed by atoms with E-state index >= 15 is 0 Å². The van der Waals surface area contributed by atoms with Crippen molar-refractivity contribution < 1.29 is 5.11 Å². The minimum absolute atomic E-state index is 0.147. The smallest absolute Gasteiger partial charge is 0.0512 e. The average molecular weight is 212 g/mol. The Balaban J connectivity index is 2.74. The summed E-state index contributed by atoms with van der Waals surface area (Å²) in [5.41, 5.74) is 0.835. The fourth-order valence-electron chi connectivity index (χ4n) is 3.21. The highest BCUT2D eigenvalue weighted by molar-refractivity contribution is 4.96. The second kappa shape index (κ2) is 4.45. The summed E-state index contributed by atoms with van der Waals surface area (Å²) in [5, 5.41) is 9.45. The Labute approximate surface area is 95.3 Å². The van der Waals surface area contributed by atoms with Gasteiger partial charge in [-0.25, -0.2) is 0 Å². The average Bonchev–Trinajstić information content (AvgIpc) is 2.11. The molecule has 0 aromatic heterocycles. The molecule has 0 amide bonds. The van der Waals surface area contributed by atoms with Crippen molar-refractivity contribution in [3.8, 4) is 0 Å². The summed E-state index contributed by atoms with van der Waals surface area (Å²) in [6.45, 7) is 11.5. The third kappa shape index (κ3) is 2.55. The van der Waals surface area contributed by atoms with Crippen LogP contribution >= 0.6 is 0 Å². The first-order chi connectivity index (χ1) is 6.79. The van der Waals surface area contributed by atoms with E-state index in [2.05, 4.69) is 27.7 Å². The zero-order chi connectivity index (χ0) is 11.7. The molecule has 1 saturated carbocycles. The van der Waals surface area contributed by atoms with Crippen LogP contribution in [0.3, 0.4) is 0 Å². The van der Waals surface area contributed by atoms with Crippen LogP contribution in [-0.2, 0) is 0 Å². The molecule has 0 aromatic carbocycles. The van der Waals surface area contributed by atoms with E-state index in [4.69, 9.17) is 0 Å². The maximum absolute atomic E-state index is 9.45. The molecule has 0 heterocycles. The Bertz CT molecular complexity index is 207. The quantitative estimate of drug-likeness (QED) is 0.749. The van der Waals surface area contributed by atoms with E-state index in [-0.39, 0.29) is 6.10 Å². The van der Waals surface area contributed by atoms with Gasteiger partial charge in [-0.1, -0.05) is 40.5 Å². The van der Waals surface area contributed by atoms with Crippen molar-refractivity contribution in [3.63, 3.8) is 0 Å². The third-order valence-corrected chi connectivity index (χ3v) is 5.15.